The molecule has 0 fully saturated rings. The number of nitrogens with one attached hydrogen (secondary N) is 1. The number of rotatable bonds is 5. The lowest BCUT2D eigenvalue weighted by Crippen LogP contribution is -2.36. The van der Waals surface area contributed by atoms with Gasteiger partial charge in [-0.15, -0.1) is 5.10 Å². The highest BCUT2D eigenvalue weighted by Gasteiger charge is 2.19. The van der Waals surface area contributed by atoms with Crippen molar-refractivity contribution in [1.82, 2.24) is 24.6 Å². The molecule has 0 saturated carbocycles. The van der Waals surface area contributed by atoms with Crippen LogP contribution in [0, 0.1) is 5.82 Å². The van der Waals surface area contributed by atoms with Crippen LogP contribution in [-0.4, -0.2) is 31.3 Å². The lowest BCUT2D eigenvalue weighted by molar-refractivity contribution is -0.122. The van der Waals surface area contributed by atoms with Gasteiger partial charge >= 0.3 is 5.69 Å². The van der Waals surface area contributed by atoms with E-state index >= 15 is 0 Å². The van der Waals surface area contributed by atoms with E-state index in [0.29, 0.717) is 11.3 Å². The van der Waals surface area contributed by atoms with E-state index in [1.54, 1.807) is 30.6 Å². The molecule has 26 heavy (non-hydrogen) atoms. The summed E-state index contributed by atoms with van der Waals surface area (Å²) in [4.78, 5) is 28.8. The zero-order valence-corrected chi connectivity index (χ0v) is 14.4. The summed E-state index contributed by atoms with van der Waals surface area (Å²) >= 11 is 0. The average molecular weight is 355 g/mol. The van der Waals surface area contributed by atoms with Gasteiger partial charge in [-0.1, -0.05) is 12.1 Å². The number of carbonyl (C=O) groups is 1. The molecule has 8 heteroatoms. The molecule has 1 amide bonds. The largest absolute Gasteiger partial charge is 0.352 e. The van der Waals surface area contributed by atoms with Crippen molar-refractivity contribution in [2.24, 2.45) is 0 Å². The maximum Gasteiger partial charge on any atom is 0.351 e. The average Bonchev–Trinajstić information content (AvgIpc) is 2.91. The van der Waals surface area contributed by atoms with Gasteiger partial charge in [-0.3, -0.25) is 9.78 Å². The molecule has 0 saturated heterocycles. The minimum absolute atomic E-state index is 0.0526. The monoisotopic (exact) mass is 355 g/mol. The first-order valence-electron chi connectivity index (χ1n) is 8.11. The summed E-state index contributed by atoms with van der Waals surface area (Å²) in [5.41, 5.74) is 0.469. The van der Waals surface area contributed by atoms with Gasteiger partial charge < -0.3 is 5.32 Å². The van der Waals surface area contributed by atoms with Crippen LogP contribution in [0.2, 0.25) is 0 Å². The van der Waals surface area contributed by atoms with Crippen molar-refractivity contribution in [3.8, 4) is 17.1 Å². The standard InChI is InChI=1S/C18H18FN5O2/c1-12(2)21-16(25)11-23-18(26)24(15-6-8-20-9-7-15)17(22-23)13-4-3-5-14(19)10-13/h3-10,12H,11H2,1-2H3,(H,21,25). The number of pyridine rings is 1. The SMILES string of the molecule is CC(C)NC(=O)Cn1nc(-c2cccc(F)c2)n(-c2ccncc2)c1=O. The van der Waals surface area contributed by atoms with E-state index in [2.05, 4.69) is 15.4 Å². The van der Waals surface area contributed by atoms with Crippen molar-refractivity contribution in [3.05, 3.63) is 65.1 Å². The summed E-state index contributed by atoms with van der Waals surface area (Å²) in [5.74, 6) is -0.520. The van der Waals surface area contributed by atoms with Crippen molar-refractivity contribution in [2.75, 3.05) is 0 Å². The van der Waals surface area contributed by atoms with Gasteiger partial charge in [0, 0.05) is 24.0 Å². The third-order valence-corrected chi connectivity index (χ3v) is 3.59. The molecule has 1 N–H and O–H groups in total. The molecule has 3 rings (SSSR count). The molecule has 0 atom stereocenters. The molecular formula is C18H18FN5O2. The highest BCUT2D eigenvalue weighted by atomic mass is 19.1. The number of amides is 1. The second-order valence-corrected chi connectivity index (χ2v) is 6.04. The normalized spacial score (nSPS) is 10.9. The van der Waals surface area contributed by atoms with E-state index < -0.39 is 11.5 Å². The Hall–Kier alpha value is -3.29. The van der Waals surface area contributed by atoms with Crippen LogP contribution in [0.5, 0.6) is 0 Å². The van der Waals surface area contributed by atoms with Gasteiger partial charge in [0.25, 0.3) is 0 Å². The Kier molecular flexibility index (Phi) is 4.92. The lowest BCUT2D eigenvalue weighted by Gasteiger charge is -2.07. The van der Waals surface area contributed by atoms with Crippen molar-refractivity contribution in [2.45, 2.75) is 26.4 Å². The molecule has 0 unspecified atom stereocenters. The Labute approximate surface area is 149 Å². The zero-order chi connectivity index (χ0) is 18.7. The smallest absolute Gasteiger partial charge is 0.351 e. The fraction of sp³-hybridized carbons (Fsp3) is 0.222. The van der Waals surface area contributed by atoms with E-state index in [0.717, 1.165) is 4.68 Å². The summed E-state index contributed by atoms with van der Waals surface area (Å²) in [6, 6.07) is 9.03. The van der Waals surface area contributed by atoms with Gasteiger partial charge in [0.05, 0.1) is 5.69 Å². The number of nitrogens with zero attached hydrogens (tertiary/aromatic N) is 4. The Morgan fingerprint density at radius 1 is 1.23 bits per heavy atom. The van der Waals surface area contributed by atoms with E-state index in [-0.39, 0.29) is 24.3 Å². The van der Waals surface area contributed by atoms with Gasteiger partial charge in [0.15, 0.2) is 5.82 Å². The fourth-order valence-electron chi connectivity index (χ4n) is 2.55. The molecule has 2 heterocycles. The number of benzene rings is 1. The molecule has 7 nitrogen and oxygen atoms in total. The molecule has 0 radical (unpaired) electrons. The van der Waals surface area contributed by atoms with E-state index in [4.69, 9.17) is 0 Å². The van der Waals surface area contributed by atoms with Gasteiger partial charge in [0.2, 0.25) is 5.91 Å². The van der Waals surface area contributed by atoms with Crippen molar-refractivity contribution < 1.29 is 9.18 Å². The van der Waals surface area contributed by atoms with Crippen LogP contribution in [-0.2, 0) is 11.3 Å². The van der Waals surface area contributed by atoms with Crippen LogP contribution in [0.1, 0.15) is 13.8 Å². The second-order valence-electron chi connectivity index (χ2n) is 6.04. The lowest BCUT2D eigenvalue weighted by atomic mass is 10.2. The number of carbonyl (C=O) groups excluding carboxylic acids is 1. The second kappa shape index (κ2) is 7.30. The maximum absolute atomic E-state index is 13.7. The van der Waals surface area contributed by atoms with Crippen molar-refractivity contribution >= 4 is 5.91 Å². The van der Waals surface area contributed by atoms with E-state index in [1.165, 1.54) is 22.8 Å². The van der Waals surface area contributed by atoms with Crippen molar-refractivity contribution in [1.29, 1.82) is 0 Å². The zero-order valence-electron chi connectivity index (χ0n) is 14.4. The van der Waals surface area contributed by atoms with Crippen LogP contribution >= 0.6 is 0 Å². The molecule has 2 aromatic heterocycles. The predicted molar refractivity (Wildman–Crippen MR) is 94.3 cm³/mol. The summed E-state index contributed by atoms with van der Waals surface area (Å²) in [6.45, 7) is 3.43. The topological polar surface area (TPSA) is 81.8 Å². The highest BCUT2D eigenvalue weighted by molar-refractivity contribution is 5.76. The first kappa shape index (κ1) is 17.5. The molecule has 134 valence electrons. The van der Waals surface area contributed by atoms with E-state index in [1.807, 2.05) is 13.8 Å². The van der Waals surface area contributed by atoms with Gasteiger partial charge in [-0.25, -0.2) is 18.4 Å². The number of halogens is 1. The molecule has 0 aliphatic carbocycles. The Morgan fingerprint density at radius 3 is 2.62 bits per heavy atom. The van der Waals surface area contributed by atoms with E-state index in [9.17, 15) is 14.0 Å². The molecule has 3 aromatic rings. The Morgan fingerprint density at radius 2 is 1.96 bits per heavy atom. The molecule has 0 aliphatic heterocycles. The van der Waals surface area contributed by atoms with Crippen LogP contribution in [0.3, 0.4) is 0 Å². The number of aromatic nitrogens is 4. The van der Waals surface area contributed by atoms with Crippen molar-refractivity contribution in [3.63, 3.8) is 0 Å². The number of hydrogen-bond acceptors (Lipinski definition) is 4. The minimum atomic E-state index is -0.491. The number of hydrogen-bond donors (Lipinski definition) is 1. The third kappa shape index (κ3) is 3.69. The van der Waals surface area contributed by atoms with Crippen LogP contribution in [0.4, 0.5) is 4.39 Å². The summed E-state index contributed by atoms with van der Waals surface area (Å²) in [5, 5.41) is 6.98. The van der Waals surface area contributed by atoms with Crippen LogP contribution in [0.25, 0.3) is 17.1 Å². The first-order chi connectivity index (χ1) is 12.5. The van der Waals surface area contributed by atoms with Crippen LogP contribution in [0.15, 0.2) is 53.6 Å². The van der Waals surface area contributed by atoms with Gasteiger partial charge in [-0.05, 0) is 38.1 Å². The minimum Gasteiger partial charge on any atom is -0.352 e. The quantitative estimate of drug-likeness (QED) is 0.756. The molecule has 1 aromatic carbocycles. The molecule has 0 bridgehead atoms. The van der Waals surface area contributed by atoms with Gasteiger partial charge in [-0.2, -0.15) is 0 Å². The first-order valence-corrected chi connectivity index (χ1v) is 8.11. The fourth-order valence-corrected chi connectivity index (χ4v) is 2.55. The summed E-state index contributed by atoms with van der Waals surface area (Å²) in [7, 11) is 0. The molecule has 0 spiro atoms. The molecule has 0 aliphatic rings. The van der Waals surface area contributed by atoms with Gasteiger partial charge in [0.1, 0.15) is 12.4 Å². The van der Waals surface area contributed by atoms with Crippen LogP contribution < -0.4 is 11.0 Å². The summed E-state index contributed by atoms with van der Waals surface area (Å²) in [6.07, 6.45) is 3.08. The maximum atomic E-state index is 13.7. The highest BCUT2D eigenvalue weighted by Crippen LogP contribution is 2.20. The predicted octanol–water partition coefficient (Wildman–Crippen LogP) is 1.76. The Bertz CT molecular complexity index is 979. The summed E-state index contributed by atoms with van der Waals surface area (Å²) < 4.78 is 16.1. The molecular weight excluding hydrogens is 337 g/mol. The Balaban J connectivity index is 2.12. The third-order valence-electron chi connectivity index (χ3n) is 3.59.